The van der Waals surface area contributed by atoms with Gasteiger partial charge >= 0.3 is 0 Å². The number of hydrogen-bond donors (Lipinski definition) is 3. The molecule has 0 aliphatic heterocycles. The lowest BCUT2D eigenvalue weighted by molar-refractivity contribution is 0.0932. The van der Waals surface area contributed by atoms with Crippen molar-refractivity contribution in [2.24, 2.45) is 10.9 Å². The van der Waals surface area contributed by atoms with Crippen molar-refractivity contribution in [2.75, 3.05) is 0 Å². The average Bonchev–Trinajstić information content (AvgIpc) is 2.44. The number of benzene rings is 1. The number of aromatic nitrogens is 1. The van der Waals surface area contributed by atoms with E-state index in [9.17, 15) is 4.79 Å². The van der Waals surface area contributed by atoms with Crippen LogP contribution in [0.15, 0.2) is 35.5 Å². The minimum Gasteiger partial charge on any atom is -0.409 e. The molecule has 1 aromatic heterocycles. The fourth-order valence-electron chi connectivity index (χ4n) is 2.04. The molecule has 21 heavy (non-hydrogen) atoms. The molecule has 0 radical (unpaired) electrons. The van der Waals surface area contributed by atoms with E-state index in [1.807, 2.05) is 31.2 Å². The third-order valence-corrected chi connectivity index (χ3v) is 3.26. The number of para-hydroxylation sites is 1. The van der Waals surface area contributed by atoms with Crippen molar-refractivity contribution in [3.05, 3.63) is 41.6 Å². The van der Waals surface area contributed by atoms with Crippen LogP contribution < -0.4 is 11.1 Å². The molecule has 2 aromatic rings. The van der Waals surface area contributed by atoms with Crippen LogP contribution in [0.4, 0.5) is 0 Å². The predicted molar refractivity (Wildman–Crippen MR) is 81.4 cm³/mol. The van der Waals surface area contributed by atoms with Crippen molar-refractivity contribution in [3.63, 3.8) is 0 Å². The van der Waals surface area contributed by atoms with Gasteiger partial charge < -0.3 is 16.3 Å². The fraction of sp³-hybridized carbons (Fsp3) is 0.267. The van der Waals surface area contributed by atoms with Gasteiger partial charge in [-0.2, -0.15) is 0 Å². The number of amides is 1. The number of amidine groups is 1. The molecule has 1 amide bonds. The summed E-state index contributed by atoms with van der Waals surface area (Å²) in [5.74, 6) is -0.362. The maximum Gasteiger partial charge on any atom is 0.252 e. The van der Waals surface area contributed by atoms with Crippen LogP contribution in [0.5, 0.6) is 0 Å². The first-order valence-corrected chi connectivity index (χ1v) is 6.52. The molecule has 1 aromatic carbocycles. The lowest BCUT2D eigenvalue weighted by Crippen LogP contribution is -2.53. The van der Waals surface area contributed by atoms with Gasteiger partial charge in [0.05, 0.1) is 16.6 Å². The Kier molecular flexibility index (Phi) is 3.80. The first-order chi connectivity index (χ1) is 9.85. The van der Waals surface area contributed by atoms with Gasteiger partial charge in [-0.1, -0.05) is 23.4 Å². The number of oxime groups is 1. The van der Waals surface area contributed by atoms with Crippen molar-refractivity contribution < 1.29 is 10.0 Å². The molecule has 0 saturated carbocycles. The molecule has 4 N–H and O–H groups in total. The highest BCUT2D eigenvalue weighted by Crippen LogP contribution is 2.19. The summed E-state index contributed by atoms with van der Waals surface area (Å²) < 4.78 is 0. The summed E-state index contributed by atoms with van der Waals surface area (Å²) in [5.41, 5.74) is 6.65. The van der Waals surface area contributed by atoms with E-state index in [2.05, 4.69) is 15.5 Å². The molecule has 0 unspecified atom stereocenters. The van der Waals surface area contributed by atoms with Crippen LogP contribution in [0.25, 0.3) is 10.9 Å². The molecule has 2 rings (SSSR count). The van der Waals surface area contributed by atoms with Gasteiger partial charge in [-0.3, -0.25) is 9.78 Å². The molecule has 6 heteroatoms. The Hall–Kier alpha value is -2.63. The molecule has 0 fully saturated rings. The van der Waals surface area contributed by atoms with E-state index in [4.69, 9.17) is 10.9 Å². The summed E-state index contributed by atoms with van der Waals surface area (Å²) >= 11 is 0. The van der Waals surface area contributed by atoms with Gasteiger partial charge in [0.25, 0.3) is 5.91 Å². The van der Waals surface area contributed by atoms with Crippen LogP contribution in [0, 0.1) is 6.92 Å². The molecular formula is C15H18N4O2. The van der Waals surface area contributed by atoms with Gasteiger partial charge in [-0.15, -0.1) is 0 Å². The largest absolute Gasteiger partial charge is 0.409 e. The van der Waals surface area contributed by atoms with E-state index in [0.717, 1.165) is 16.6 Å². The van der Waals surface area contributed by atoms with E-state index in [1.165, 1.54) is 0 Å². The SMILES string of the molecule is Cc1cc(C(=O)NC(C)(C)/C(N)=N/O)c2ccccc2n1. The Bertz CT molecular complexity index is 723. The van der Waals surface area contributed by atoms with Crippen LogP contribution in [0.1, 0.15) is 29.9 Å². The zero-order chi connectivity index (χ0) is 15.6. The smallest absolute Gasteiger partial charge is 0.252 e. The highest BCUT2D eigenvalue weighted by atomic mass is 16.4. The zero-order valence-corrected chi connectivity index (χ0v) is 12.2. The van der Waals surface area contributed by atoms with Crippen molar-refractivity contribution in [2.45, 2.75) is 26.3 Å². The summed E-state index contributed by atoms with van der Waals surface area (Å²) in [5, 5.41) is 15.2. The van der Waals surface area contributed by atoms with Crippen molar-refractivity contribution in [1.82, 2.24) is 10.3 Å². The monoisotopic (exact) mass is 286 g/mol. The molecular weight excluding hydrogens is 268 g/mol. The maximum atomic E-state index is 12.5. The first-order valence-electron chi connectivity index (χ1n) is 6.52. The predicted octanol–water partition coefficient (Wildman–Crippen LogP) is 1.80. The van der Waals surface area contributed by atoms with E-state index >= 15 is 0 Å². The van der Waals surface area contributed by atoms with E-state index in [0.29, 0.717) is 5.56 Å². The number of rotatable bonds is 3. The minimum absolute atomic E-state index is 0.0640. The van der Waals surface area contributed by atoms with Crippen LogP contribution in [0.2, 0.25) is 0 Å². The molecule has 0 aliphatic carbocycles. The fourth-order valence-corrected chi connectivity index (χ4v) is 2.04. The summed E-state index contributed by atoms with van der Waals surface area (Å²) in [4.78, 5) is 16.9. The van der Waals surface area contributed by atoms with Crippen molar-refractivity contribution in [1.29, 1.82) is 0 Å². The van der Waals surface area contributed by atoms with Crippen LogP contribution in [-0.2, 0) is 0 Å². The van der Waals surface area contributed by atoms with Crippen molar-refractivity contribution >= 4 is 22.6 Å². The molecule has 0 aliphatic rings. The lowest BCUT2D eigenvalue weighted by atomic mass is 10.0. The minimum atomic E-state index is -0.954. The molecule has 0 saturated heterocycles. The molecule has 0 atom stereocenters. The van der Waals surface area contributed by atoms with E-state index in [1.54, 1.807) is 19.9 Å². The number of hydrogen-bond acceptors (Lipinski definition) is 4. The number of nitrogens with zero attached hydrogens (tertiary/aromatic N) is 2. The first kappa shape index (κ1) is 14.8. The second-order valence-corrected chi connectivity index (χ2v) is 5.39. The summed E-state index contributed by atoms with van der Waals surface area (Å²) in [6.07, 6.45) is 0. The summed E-state index contributed by atoms with van der Waals surface area (Å²) in [6, 6.07) is 9.14. The number of fused-ring (bicyclic) bond motifs is 1. The van der Waals surface area contributed by atoms with E-state index in [-0.39, 0.29) is 11.7 Å². The van der Waals surface area contributed by atoms with Gasteiger partial charge in [0.2, 0.25) is 0 Å². The highest BCUT2D eigenvalue weighted by molar-refractivity contribution is 6.08. The van der Waals surface area contributed by atoms with E-state index < -0.39 is 5.54 Å². The summed E-state index contributed by atoms with van der Waals surface area (Å²) in [6.45, 7) is 5.16. The Balaban J connectivity index is 2.45. The number of pyridine rings is 1. The number of carbonyl (C=O) groups excluding carboxylic acids is 1. The highest BCUT2D eigenvalue weighted by Gasteiger charge is 2.27. The van der Waals surface area contributed by atoms with Gasteiger partial charge in [-0.05, 0) is 32.9 Å². The third-order valence-electron chi connectivity index (χ3n) is 3.26. The van der Waals surface area contributed by atoms with Crippen LogP contribution in [0.3, 0.4) is 0 Å². The molecule has 6 nitrogen and oxygen atoms in total. The Morgan fingerprint density at radius 3 is 2.71 bits per heavy atom. The molecule has 0 spiro atoms. The average molecular weight is 286 g/mol. The lowest BCUT2D eigenvalue weighted by Gasteiger charge is -2.24. The van der Waals surface area contributed by atoms with Gasteiger partial charge in [0.15, 0.2) is 5.84 Å². The number of aryl methyl sites for hydroxylation is 1. The number of carbonyl (C=O) groups is 1. The second-order valence-electron chi connectivity index (χ2n) is 5.39. The standard InChI is InChI=1S/C15H18N4O2/c1-9-8-11(10-6-4-5-7-12(10)17-9)13(20)18-15(2,3)14(16)19-21/h4-8,21H,1-3H3,(H2,16,19)(H,18,20). The quantitative estimate of drug-likeness (QED) is 0.346. The summed E-state index contributed by atoms with van der Waals surface area (Å²) in [7, 11) is 0. The van der Waals surface area contributed by atoms with Crippen LogP contribution in [-0.4, -0.2) is 27.5 Å². The number of nitrogens with one attached hydrogen (secondary N) is 1. The molecule has 110 valence electrons. The Morgan fingerprint density at radius 2 is 2.05 bits per heavy atom. The van der Waals surface area contributed by atoms with Gasteiger partial charge in [-0.25, -0.2) is 0 Å². The normalized spacial score (nSPS) is 12.4. The van der Waals surface area contributed by atoms with Crippen molar-refractivity contribution in [3.8, 4) is 0 Å². The van der Waals surface area contributed by atoms with Gasteiger partial charge in [0.1, 0.15) is 0 Å². The molecule has 0 bridgehead atoms. The second kappa shape index (κ2) is 5.40. The molecule has 1 heterocycles. The van der Waals surface area contributed by atoms with Crippen LogP contribution >= 0.6 is 0 Å². The van der Waals surface area contributed by atoms with Gasteiger partial charge in [0, 0.05) is 11.1 Å². The Morgan fingerprint density at radius 1 is 1.38 bits per heavy atom. The number of nitrogens with two attached hydrogens (primary N) is 1. The maximum absolute atomic E-state index is 12.5. The topological polar surface area (TPSA) is 101 Å². The zero-order valence-electron chi connectivity index (χ0n) is 12.2. The Labute approximate surface area is 122 Å². The third kappa shape index (κ3) is 2.94.